The Morgan fingerprint density at radius 3 is 2.30 bits per heavy atom. The van der Waals surface area contributed by atoms with Gasteiger partial charge in [-0.2, -0.15) is 0 Å². The standard InChI is InChI=1S/C20H28N2O/c21-18-15-7-4-8-16(18)12-17(11-15)20(23)22-19(14-9-10-14)13-5-2-1-3-6-13/h1-3,5-6,14-19H,4,7-12,21H2,(H,22,23). The van der Waals surface area contributed by atoms with Gasteiger partial charge in [-0.15, -0.1) is 0 Å². The summed E-state index contributed by atoms with van der Waals surface area (Å²) in [6.45, 7) is 0. The minimum absolute atomic E-state index is 0.176. The molecule has 1 aromatic rings. The van der Waals surface area contributed by atoms with E-state index in [4.69, 9.17) is 5.73 Å². The van der Waals surface area contributed by atoms with Crippen molar-refractivity contribution < 1.29 is 4.79 Å². The highest BCUT2D eigenvalue weighted by atomic mass is 16.1. The first-order chi connectivity index (χ1) is 11.2. The third-order valence-electron chi connectivity index (χ3n) is 6.33. The maximum absolute atomic E-state index is 12.9. The highest BCUT2D eigenvalue weighted by Gasteiger charge is 2.42. The summed E-state index contributed by atoms with van der Waals surface area (Å²) in [7, 11) is 0. The number of hydrogen-bond donors (Lipinski definition) is 2. The molecule has 124 valence electrons. The first kappa shape index (κ1) is 15.2. The fourth-order valence-corrected chi connectivity index (χ4v) is 4.84. The predicted molar refractivity (Wildman–Crippen MR) is 91.6 cm³/mol. The van der Waals surface area contributed by atoms with E-state index >= 15 is 0 Å². The van der Waals surface area contributed by atoms with E-state index in [0.29, 0.717) is 23.8 Å². The Hall–Kier alpha value is -1.35. The van der Waals surface area contributed by atoms with Crippen molar-refractivity contribution in [2.45, 2.75) is 57.0 Å². The van der Waals surface area contributed by atoms with Gasteiger partial charge in [-0.1, -0.05) is 36.8 Å². The van der Waals surface area contributed by atoms with Crippen LogP contribution in [-0.2, 0) is 4.79 Å². The normalized spacial score (nSPS) is 34.7. The van der Waals surface area contributed by atoms with Gasteiger partial charge in [-0.05, 0) is 61.8 Å². The van der Waals surface area contributed by atoms with E-state index in [0.717, 1.165) is 12.8 Å². The molecule has 3 aliphatic carbocycles. The molecule has 3 heteroatoms. The molecule has 23 heavy (non-hydrogen) atoms. The molecule has 0 aromatic heterocycles. The van der Waals surface area contributed by atoms with Gasteiger partial charge in [0.1, 0.15) is 0 Å². The quantitative estimate of drug-likeness (QED) is 0.895. The molecule has 2 bridgehead atoms. The average Bonchev–Trinajstić information content (AvgIpc) is 3.37. The molecule has 0 radical (unpaired) electrons. The molecule has 3 aliphatic rings. The van der Waals surface area contributed by atoms with Crippen molar-refractivity contribution in [3.05, 3.63) is 35.9 Å². The van der Waals surface area contributed by atoms with Gasteiger partial charge in [0.25, 0.3) is 0 Å². The van der Waals surface area contributed by atoms with Gasteiger partial charge in [-0.25, -0.2) is 0 Å². The smallest absolute Gasteiger partial charge is 0.223 e. The Morgan fingerprint density at radius 2 is 1.70 bits per heavy atom. The molecule has 0 spiro atoms. The average molecular weight is 312 g/mol. The number of benzene rings is 1. The van der Waals surface area contributed by atoms with Gasteiger partial charge in [0, 0.05) is 12.0 Å². The maximum atomic E-state index is 12.9. The summed E-state index contributed by atoms with van der Waals surface area (Å²) >= 11 is 0. The van der Waals surface area contributed by atoms with E-state index in [9.17, 15) is 4.79 Å². The topological polar surface area (TPSA) is 55.1 Å². The van der Waals surface area contributed by atoms with E-state index in [1.165, 1.54) is 37.7 Å². The lowest BCUT2D eigenvalue weighted by Gasteiger charge is -2.43. The lowest BCUT2D eigenvalue weighted by atomic mass is 9.65. The zero-order chi connectivity index (χ0) is 15.8. The summed E-state index contributed by atoms with van der Waals surface area (Å²) in [6, 6.07) is 11.0. The summed E-state index contributed by atoms with van der Waals surface area (Å²) in [6.07, 6.45) is 8.19. The third kappa shape index (κ3) is 3.16. The van der Waals surface area contributed by atoms with Gasteiger partial charge >= 0.3 is 0 Å². The lowest BCUT2D eigenvalue weighted by molar-refractivity contribution is -0.128. The zero-order valence-electron chi connectivity index (χ0n) is 13.8. The van der Waals surface area contributed by atoms with Crippen LogP contribution in [0.5, 0.6) is 0 Å². The first-order valence-electron chi connectivity index (χ1n) is 9.33. The number of nitrogens with one attached hydrogen (secondary N) is 1. The molecule has 0 aliphatic heterocycles. The second-order valence-electron chi connectivity index (χ2n) is 7.93. The second-order valence-corrected chi connectivity index (χ2v) is 7.93. The van der Waals surface area contributed by atoms with Gasteiger partial charge in [0.15, 0.2) is 0 Å². The molecule has 1 amide bonds. The number of fused-ring (bicyclic) bond motifs is 2. The van der Waals surface area contributed by atoms with E-state index in [2.05, 4.69) is 29.6 Å². The molecule has 3 atom stereocenters. The van der Waals surface area contributed by atoms with Crippen molar-refractivity contribution in [1.29, 1.82) is 0 Å². The van der Waals surface area contributed by atoms with Crippen molar-refractivity contribution in [1.82, 2.24) is 5.32 Å². The highest BCUT2D eigenvalue weighted by Crippen LogP contribution is 2.44. The van der Waals surface area contributed by atoms with Crippen LogP contribution in [0.4, 0.5) is 0 Å². The van der Waals surface area contributed by atoms with E-state index < -0.39 is 0 Å². The Kier molecular flexibility index (Phi) is 4.14. The van der Waals surface area contributed by atoms with Crippen LogP contribution in [0.3, 0.4) is 0 Å². The molecule has 4 rings (SSSR count). The largest absolute Gasteiger partial charge is 0.349 e. The van der Waals surface area contributed by atoms with Crippen molar-refractivity contribution in [3.63, 3.8) is 0 Å². The molecule has 1 aromatic carbocycles. The molecule has 0 saturated heterocycles. The molecule has 3 unspecified atom stereocenters. The molecule has 3 saturated carbocycles. The van der Waals surface area contributed by atoms with E-state index in [1.54, 1.807) is 0 Å². The van der Waals surface area contributed by atoms with Gasteiger partial charge in [0.05, 0.1) is 6.04 Å². The van der Waals surface area contributed by atoms with Gasteiger partial charge in [-0.3, -0.25) is 4.79 Å². The monoisotopic (exact) mass is 312 g/mol. The minimum Gasteiger partial charge on any atom is -0.349 e. The summed E-state index contributed by atoms with van der Waals surface area (Å²) in [4.78, 5) is 12.9. The number of hydrogen-bond acceptors (Lipinski definition) is 2. The van der Waals surface area contributed by atoms with Gasteiger partial charge < -0.3 is 11.1 Å². The number of nitrogens with two attached hydrogens (primary N) is 1. The summed E-state index contributed by atoms with van der Waals surface area (Å²) in [5, 5.41) is 3.39. The molecule has 3 nitrogen and oxygen atoms in total. The fourth-order valence-electron chi connectivity index (χ4n) is 4.84. The Labute approximate surface area is 139 Å². The molecule has 0 heterocycles. The summed E-state index contributed by atoms with van der Waals surface area (Å²) in [5.41, 5.74) is 7.63. The van der Waals surface area contributed by atoms with Crippen molar-refractivity contribution in [2.24, 2.45) is 29.4 Å². The predicted octanol–water partition coefficient (Wildman–Crippen LogP) is 3.41. The van der Waals surface area contributed by atoms with Crippen LogP contribution in [0.2, 0.25) is 0 Å². The third-order valence-corrected chi connectivity index (χ3v) is 6.33. The SMILES string of the molecule is NC1C2CCCC1CC(C(=O)NC(c1ccccc1)C1CC1)C2. The molecule has 3 fully saturated rings. The molecular formula is C20H28N2O. The lowest BCUT2D eigenvalue weighted by Crippen LogP contribution is -2.49. The van der Waals surface area contributed by atoms with Crippen molar-refractivity contribution in [2.75, 3.05) is 0 Å². The van der Waals surface area contributed by atoms with Crippen molar-refractivity contribution in [3.8, 4) is 0 Å². The maximum Gasteiger partial charge on any atom is 0.223 e. The van der Waals surface area contributed by atoms with Crippen LogP contribution in [0.15, 0.2) is 30.3 Å². The van der Waals surface area contributed by atoms with Crippen LogP contribution < -0.4 is 11.1 Å². The van der Waals surface area contributed by atoms with Crippen LogP contribution in [0.1, 0.15) is 56.6 Å². The van der Waals surface area contributed by atoms with Crippen LogP contribution in [0, 0.1) is 23.7 Å². The molecule has 3 N–H and O–H groups in total. The number of rotatable bonds is 4. The first-order valence-corrected chi connectivity index (χ1v) is 9.33. The Balaban J connectivity index is 1.44. The van der Waals surface area contributed by atoms with E-state index in [1.807, 2.05) is 6.07 Å². The fraction of sp³-hybridized carbons (Fsp3) is 0.650. The highest BCUT2D eigenvalue weighted by molar-refractivity contribution is 5.79. The van der Waals surface area contributed by atoms with Crippen LogP contribution in [-0.4, -0.2) is 11.9 Å². The summed E-state index contributed by atoms with van der Waals surface area (Å²) in [5.74, 6) is 2.21. The Morgan fingerprint density at radius 1 is 1.04 bits per heavy atom. The van der Waals surface area contributed by atoms with Crippen molar-refractivity contribution >= 4 is 5.91 Å². The number of carbonyl (C=O) groups excluding carboxylic acids is 1. The zero-order valence-corrected chi connectivity index (χ0v) is 13.8. The molecular weight excluding hydrogens is 284 g/mol. The van der Waals surface area contributed by atoms with E-state index in [-0.39, 0.29) is 17.9 Å². The summed E-state index contributed by atoms with van der Waals surface area (Å²) < 4.78 is 0. The Bertz CT molecular complexity index is 540. The second kappa shape index (κ2) is 6.27. The van der Waals surface area contributed by atoms with Crippen LogP contribution >= 0.6 is 0 Å². The number of amides is 1. The van der Waals surface area contributed by atoms with Crippen LogP contribution in [0.25, 0.3) is 0 Å². The van der Waals surface area contributed by atoms with Gasteiger partial charge in [0.2, 0.25) is 5.91 Å². The number of carbonyl (C=O) groups is 1. The minimum atomic E-state index is 0.176.